The summed E-state index contributed by atoms with van der Waals surface area (Å²) in [4.78, 5) is 1.60. The van der Waals surface area contributed by atoms with Crippen molar-refractivity contribution in [2.75, 3.05) is 0 Å². The van der Waals surface area contributed by atoms with Crippen molar-refractivity contribution in [1.29, 1.82) is 0 Å². The molecule has 0 nitrogen and oxygen atoms in total. The van der Waals surface area contributed by atoms with Crippen LogP contribution >= 0.6 is 11.3 Å². The van der Waals surface area contributed by atoms with Crippen molar-refractivity contribution in [1.82, 2.24) is 0 Å². The van der Waals surface area contributed by atoms with Crippen molar-refractivity contribution in [3.8, 4) is 0 Å². The maximum atomic E-state index is 2.26. The van der Waals surface area contributed by atoms with Crippen LogP contribution in [0, 0.1) is 0 Å². The second-order valence-corrected chi connectivity index (χ2v) is 5.79. The van der Waals surface area contributed by atoms with Gasteiger partial charge < -0.3 is 0 Å². The Morgan fingerprint density at radius 3 is 2.00 bits per heavy atom. The number of thiophene rings is 1. The van der Waals surface area contributed by atoms with Crippen molar-refractivity contribution in [2.24, 2.45) is 0 Å². The van der Waals surface area contributed by atoms with E-state index in [0.717, 1.165) is 0 Å². The molecule has 0 atom stereocenters. The van der Waals surface area contributed by atoms with Crippen LogP contribution in [0.4, 0.5) is 0 Å². The van der Waals surface area contributed by atoms with Crippen LogP contribution in [0.3, 0.4) is 0 Å². The second kappa shape index (κ2) is 4.47. The molecule has 1 heterocycles. The van der Waals surface area contributed by atoms with E-state index in [-0.39, 0.29) is 0 Å². The van der Waals surface area contributed by atoms with E-state index < -0.39 is 0 Å². The molecule has 0 saturated carbocycles. The zero-order chi connectivity index (χ0) is 9.14. The average Bonchev–Trinajstić information content (AvgIpc) is 2.40. The third-order valence-electron chi connectivity index (χ3n) is 2.23. The molecule has 0 amide bonds. The van der Waals surface area contributed by atoms with Crippen LogP contribution in [0.1, 0.15) is 36.8 Å². The standard InChI is InChI=1S/C10H15GeS/c1-4-7-8(5-2)10(11)12-9(7)6-3/h4-6H2,1-3H3. The predicted octanol–water partition coefficient (Wildman–Crippen LogP) is 2.23. The molecule has 0 N–H and O–H groups in total. The second-order valence-electron chi connectivity index (χ2n) is 2.87. The fraction of sp³-hybridized carbons (Fsp3) is 0.600. The van der Waals surface area contributed by atoms with Gasteiger partial charge in [-0.1, -0.05) is 0 Å². The molecule has 0 aliphatic carbocycles. The quantitative estimate of drug-likeness (QED) is 0.710. The van der Waals surface area contributed by atoms with Gasteiger partial charge in [0.05, 0.1) is 0 Å². The summed E-state index contributed by atoms with van der Waals surface area (Å²) in [5.74, 6) is 0. The van der Waals surface area contributed by atoms with Crippen LogP contribution in [0.5, 0.6) is 0 Å². The van der Waals surface area contributed by atoms with Gasteiger partial charge in [0.1, 0.15) is 0 Å². The first-order chi connectivity index (χ1) is 5.74. The molecule has 0 aromatic carbocycles. The van der Waals surface area contributed by atoms with Gasteiger partial charge in [0.15, 0.2) is 0 Å². The van der Waals surface area contributed by atoms with E-state index in [1.807, 2.05) is 11.3 Å². The summed E-state index contributed by atoms with van der Waals surface area (Å²) in [6.07, 6.45) is 3.61. The summed E-state index contributed by atoms with van der Waals surface area (Å²) in [6, 6.07) is 0. The van der Waals surface area contributed by atoms with E-state index in [9.17, 15) is 0 Å². The van der Waals surface area contributed by atoms with E-state index >= 15 is 0 Å². The predicted molar refractivity (Wildman–Crippen MR) is 57.8 cm³/mol. The molecule has 0 aliphatic rings. The van der Waals surface area contributed by atoms with Gasteiger partial charge in [0.25, 0.3) is 0 Å². The molecule has 0 bridgehead atoms. The molecule has 1 aromatic rings. The Hall–Kier alpha value is 0.243. The minimum absolute atomic E-state index is 1.20. The van der Waals surface area contributed by atoms with Crippen molar-refractivity contribution < 1.29 is 0 Å². The molecule has 1 rings (SSSR count). The van der Waals surface area contributed by atoms with E-state index in [1.165, 1.54) is 23.0 Å². The zero-order valence-electron chi connectivity index (χ0n) is 8.03. The Labute approximate surface area is 87.6 Å². The Kier molecular flexibility index (Phi) is 3.85. The van der Waals surface area contributed by atoms with Gasteiger partial charge in [-0.05, 0) is 0 Å². The first-order valence-corrected chi connectivity index (χ1v) is 6.46. The summed E-state index contributed by atoms with van der Waals surface area (Å²) >= 11 is 4.24. The number of aryl methyl sites for hydroxylation is 1. The number of hydrogen-bond acceptors (Lipinski definition) is 1. The van der Waals surface area contributed by atoms with Gasteiger partial charge in [-0.25, -0.2) is 0 Å². The fourth-order valence-electron chi connectivity index (χ4n) is 1.62. The molecule has 0 spiro atoms. The van der Waals surface area contributed by atoms with Gasteiger partial charge in [0, 0.05) is 0 Å². The van der Waals surface area contributed by atoms with Gasteiger partial charge in [-0.3, -0.25) is 0 Å². The topological polar surface area (TPSA) is 0 Å². The zero-order valence-corrected chi connectivity index (χ0v) is 10.9. The van der Waals surface area contributed by atoms with E-state index in [0.29, 0.717) is 0 Å². The molecule has 1 aromatic heterocycles. The first-order valence-electron chi connectivity index (χ1n) is 4.59. The van der Waals surface area contributed by atoms with Crippen molar-refractivity contribution in [2.45, 2.75) is 40.0 Å². The van der Waals surface area contributed by atoms with E-state index in [1.54, 1.807) is 16.0 Å². The number of hydrogen-bond donors (Lipinski definition) is 0. The van der Waals surface area contributed by atoms with E-state index in [2.05, 4.69) is 37.3 Å². The normalized spacial score (nSPS) is 10.7. The third-order valence-corrected chi connectivity index (χ3v) is 4.74. The van der Waals surface area contributed by atoms with Gasteiger partial charge in [-0.2, -0.15) is 0 Å². The summed E-state index contributed by atoms with van der Waals surface area (Å²) in [7, 11) is 0. The molecule has 0 unspecified atom stereocenters. The summed E-state index contributed by atoms with van der Waals surface area (Å²) in [5.41, 5.74) is 3.24. The van der Waals surface area contributed by atoms with Gasteiger partial charge >= 0.3 is 87.6 Å². The Bertz CT molecular complexity index is 263. The molecule has 0 fully saturated rings. The molecule has 3 radical (unpaired) electrons. The SMILES string of the molecule is CCc1s[c]([Ge])c(CC)c1CC. The van der Waals surface area contributed by atoms with Crippen LogP contribution in [-0.2, 0) is 19.3 Å². The fourth-order valence-corrected chi connectivity index (χ4v) is 4.26. The van der Waals surface area contributed by atoms with Crippen molar-refractivity contribution in [3.63, 3.8) is 0 Å². The van der Waals surface area contributed by atoms with Crippen LogP contribution in [0.2, 0.25) is 0 Å². The molecule has 65 valence electrons. The van der Waals surface area contributed by atoms with Crippen LogP contribution < -0.4 is 3.71 Å². The average molecular weight is 240 g/mol. The van der Waals surface area contributed by atoms with E-state index in [4.69, 9.17) is 0 Å². The molecule has 2 heteroatoms. The summed E-state index contributed by atoms with van der Waals surface area (Å²) in [6.45, 7) is 6.78. The number of rotatable bonds is 3. The molecular weight excluding hydrogens is 225 g/mol. The molecule has 0 saturated heterocycles. The van der Waals surface area contributed by atoms with Gasteiger partial charge in [0.2, 0.25) is 0 Å². The monoisotopic (exact) mass is 241 g/mol. The third kappa shape index (κ3) is 1.77. The Morgan fingerprint density at radius 1 is 1.00 bits per heavy atom. The molecule has 12 heavy (non-hydrogen) atoms. The Morgan fingerprint density at radius 2 is 1.58 bits per heavy atom. The van der Waals surface area contributed by atoms with Crippen molar-refractivity contribution in [3.05, 3.63) is 16.0 Å². The minimum atomic E-state index is 1.20. The Balaban J connectivity index is 3.16. The van der Waals surface area contributed by atoms with Crippen LogP contribution in [-0.4, -0.2) is 16.5 Å². The van der Waals surface area contributed by atoms with Crippen LogP contribution in [0.15, 0.2) is 0 Å². The molecule has 0 aliphatic heterocycles. The summed E-state index contributed by atoms with van der Waals surface area (Å²) in [5, 5.41) is 0. The van der Waals surface area contributed by atoms with Crippen LogP contribution in [0.25, 0.3) is 0 Å². The summed E-state index contributed by atoms with van der Waals surface area (Å²) < 4.78 is 1.53. The van der Waals surface area contributed by atoms with Gasteiger partial charge in [-0.15, -0.1) is 0 Å². The van der Waals surface area contributed by atoms with Crippen molar-refractivity contribution >= 4 is 31.6 Å². The first kappa shape index (κ1) is 10.3. The molecular formula is C10H15GeS. The maximum absolute atomic E-state index is 2.26.